The summed E-state index contributed by atoms with van der Waals surface area (Å²) in [5, 5.41) is 0.175. The van der Waals surface area contributed by atoms with Gasteiger partial charge in [0.1, 0.15) is 6.61 Å². The predicted molar refractivity (Wildman–Crippen MR) is 136 cm³/mol. The molecular formula is C27H43O4P. The van der Waals surface area contributed by atoms with E-state index in [1.54, 1.807) is 7.11 Å². The Morgan fingerprint density at radius 2 is 1.59 bits per heavy atom. The molecule has 1 aromatic heterocycles. The third kappa shape index (κ3) is 6.14. The lowest BCUT2D eigenvalue weighted by Gasteiger charge is -2.44. The first-order valence-corrected chi connectivity index (χ1v) is 12.0. The van der Waals surface area contributed by atoms with Crippen molar-refractivity contribution in [2.75, 3.05) is 7.11 Å². The van der Waals surface area contributed by atoms with Crippen LogP contribution in [0, 0.1) is 16.2 Å². The van der Waals surface area contributed by atoms with Crippen molar-refractivity contribution in [3.8, 4) is 0 Å². The maximum atomic E-state index is 11.8. The largest absolute Gasteiger partial charge is 0.519 e. The van der Waals surface area contributed by atoms with Crippen LogP contribution >= 0.6 is 9.24 Å². The van der Waals surface area contributed by atoms with Crippen LogP contribution in [0.4, 0.5) is 0 Å². The van der Waals surface area contributed by atoms with Gasteiger partial charge < -0.3 is 13.6 Å². The lowest BCUT2D eigenvalue weighted by atomic mass is 9.62. The Balaban J connectivity index is 2.32. The number of hydrogen-bond acceptors (Lipinski definition) is 4. The van der Waals surface area contributed by atoms with Gasteiger partial charge in [0, 0.05) is 17.9 Å². The molecule has 1 aromatic rings. The topological polar surface area (TPSA) is 52.6 Å². The maximum absolute atomic E-state index is 11.8. The van der Waals surface area contributed by atoms with Crippen LogP contribution in [-0.4, -0.2) is 12.3 Å². The summed E-state index contributed by atoms with van der Waals surface area (Å²) in [4.78, 5) is 11.8. The van der Waals surface area contributed by atoms with Crippen molar-refractivity contribution in [2.45, 2.75) is 92.3 Å². The molecule has 0 N–H and O–H groups in total. The van der Waals surface area contributed by atoms with Crippen molar-refractivity contribution >= 4 is 9.24 Å². The van der Waals surface area contributed by atoms with E-state index in [0.29, 0.717) is 11.5 Å². The average Bonchev–Trinajstić information content (AvgIpc) is 2.82. The zero-order valence-corrected chi connectivity index (χ0v) is 22.9. The molecule has 0 aromatic carbocycles. The molecule has 5 heteroatoms. The van der Waals surface area contributed by atoms with Crippen LogP contribution in [0.3, 0.4) is 0 Å². The molecular weight excluding hydrogens is 419 g/mol. The van der Waals surface area contributed by atoms with Gasteiger partial charge in [-0.15, -0.1) is 9.24 Å². The third-order valence-corrected chi connectivity index (χ3v) is 7.09. The van der Waals surface area contributed by atoms with E-state index in [4.69, 9.17) is 13.6 Å². The third-order valence-electron chi connectivity index (χ3n) is 6.88. The smallest absolute Gasteiger partial charge is 0.395 e. The summed E-state index contributed by atoms with van der Waals surface area (Å²) in [6.07, 6.45) is 13.3. The standard InChI is InChI=1S/C27H43O4P/c1-23(2,17-24(3,4)21-20(16-29-10)30-22(28)31-21)19-12-11-14-27(9,15-13-19)25(5,6)18-26(7,8)32/h11-15H,16-18,32H2,1-10H3. The van der Waals surface area contributed by atoms with E-state index in [2.05, 4.69) is 102 Å². The van der Waals surface area contributed by atoms with Crippen LogP contribution in [0.25, 0.3) is 0 Å². The van der Waals surface area contributed by atoms with Crippen molar-refractivity contribution in [3.05, 3.63) is 58.1 Å². The Morgan fingerprint density at radius 1 is 0.969 bits per heavy atom. The zero-order chi connectivity index (χ0) is 24.6. The summed E-state index contributed by atoms with van der Waals surface area (Å²) in [5.41, 5.74) is 0.728. The van der Waals surface area contributed by atoms with E-state index < -0.39 is 11.2 Å². The van der Waals surface area contributed by atoms with Crippen LogP contribution in [0.5, 0.6) is 0 Å². The summed E-state index contributed by atoms with van der Waals surface area (Å²) in [6.45, 7) is 20.5. The first kappa shape index (κ1) is 26.9. The maximum Gasteiger partial charge on any atom is 0.519 e. The summed E-state index contributed by atoms with van der Waals surface area (Å²) < 4.78 is 15.9. The lowest BCUT2D eigenvalue weighted by Crippen LogP contribution is -2.36. The molecule has 0 aliphatic heterocycles. The van der Waals surface area contributed by atoms with Gasteiger partial charge in [0.15, 0.2) is 11.5 Å². The van der Waals surface area contributed by atoms with E-state index in [0.717, 1.165) is 12.8 Å². The summed E-state index contributed by atoms with van der Waals surface area (Å²) in [7, 11) is 4.57. The van der Waals surface area contributed by atoms with E-state index in [-0.39, 0.29) is 28.0 Å². The van der Waals surface area contributed by atoms with Gasteiger partial charge in [-0.3, -0.25) is 0 Å². The highest BCUT2D eigenvalue weighted by atomic mass is 31.0. The highest BCUT2D eigenvalue weighted by Gasteiger charge is 2.41. The normalized spacial score (nSPS) is 20.4. The molecule has 0 amide bonds. The van der Waals surface area contributed by atoms with Crippen molar-refractivity contribution in [1.29, 1.82) is 0 Å². The van der Waals surface area contributed by atoms with Gasteiger partial charge in [-0.05, 0) is 34.4 Å². The fourth-order valence-corrected chi connectivity index (χ4v) is 5.80. The Kier molecular flexibility index (Phi) is 7.65. The highest BCUT2D eigenvalue weighted by Crippen LogP contribution is 2.50. The van der Waals surface area contributed by atoms with E-state index in [1.807, 2.05) is 0 Å². The van der Waals surface area contributed by atoms with Gasteiger partial charge in [0.05, 0.1) is 0 Å². The average molecular weight is 463 g/mol. The second kappa shape index (κ2) is 9.11. The number of ether oxygens (including phenoxy) is 1. The molecule has 32 heavy (non-hydrogen) atoms. The molecule has 0 saturated carbocycles. The predicted octanol–water partition coefficient (Wildman–Crippen LogP) is 7.20. The molecule has 2 rings (SSSR count). The van der Waals surface area contributed by atoms with Crippen LogP contribution in [-0.2, 0) is 16.8 Å². The Bertz CT molecular complexity index is 947. The van der Waals surface area contributed by atoms with Gasteiger partial charge in [0.2, 0.25) is 0 Å². The van der Waals surface area contributed by atoms with Gasteiger partial charge in [-0.2, -0.15) is 0 Å². The first-order chi connectivity index (χ1) is 14.4. The molecule has 1 heterocycles. The molecule has 1 aliphatic carbocycles. The number of rotatable bonds is 9. The number of methoxy groups -OCH3 is 1. The van der Waals surface area contributed by atoms with Crippen LogP contribution in [0.2, 0.25) is 0 Å². The second-order valence-corrected chi connectivity index (χ2v) is 13.8. The van der Waals surface area contributed by atoms with Gasteiger partial charge in [-0.25, -0.2) is 4.79 Å². The van der Waals surface area contributed by atoms with Crippen molar-refractivity contribution in [3.63, 3.8) is 0 Å². The summed E-state index contributed by atoms with van der Waals surface area (Å²) in [6, 6.07) is 0. The molecule has 0 saturated heterocycles. The Morgan fingerprint density at radius 3 is 2.16 bits per heavy atom. The number of allylic oxidation sites excluding steroid dienone is 6. The molecule has 1 aliphatic rings. The van der Waals surface area contributed by atoms with Crippen molar-refractivity contribution < 1.29 is 13.6 Å². The monoisotopic (exact) mass is 462 g/mol. The first-order valence-electron chi connectivity index (χ1n) is 11.4. The van der Waals surface area contributed by atoms with Crippen LogP contribution in [0.1, 0.15) is 86.7 Å². The zero-order valence-electron chi connectivity index (χ0n) is 21.7. The summed E-state index contributed by atoms with van der Waals surface area (Å²) >= 11 is 0. The molecule has 0 radical (unpaired) electrons. The Hall–Kier alpha value is -1.38. The van der Waals surface area contributed by atoms with Crippen molar-refractivity contribution in [1.82, 2.24) is 0 Å². The van der Waals surface area contributed by atoms with E-state index in [9.17, 15) is 4.79 Å². The molecule has 0 fully saturated rings. The fraction of sp³-hybridized carbons (Fsp3) is 0.667. The fourth-order valence-electron chi connectivity index (χ4n) is 5.29. The van der Waals surface area contributed by atoms with Crippen LogP contribution in [0.15, 0.2) is 49.6 Å². The quantitative estimate of drug-likeness (QED) is 0.364. The molecule has 2 unspecified atom stereocenters. The minimum Gasteiger partial charge on any atom is -0.395 e. The second-order valence-electron chi connectivity index (χ2n) is 12.2. The highest BCUT2D eigenvalue weighted by molar-refractivity contribution is 7.18. The van der Waals surface area contributed by atoms with E-state index >= 15 is 0 Å². The van der Waals surface area contributed by atoms with Gasteiger partial charge in [-0.1, -0.05) is 92.7 Å². The Labute approximate surface area is 196 Å². The minimum absolute atomic E-state index is 0.0618. The van der Waals surface area contributed by atoms with Crippen LogP contribution < -0.4 is 5.82 Å². The molecule has 0 bridgehead atoms. The number of hydrogen-bond donors (Lipinski definition) is 0. The molecule has 4 nitrogen and oxygen atoms in total. The van der Waals surface area contributed by atoms with Gasteiger partial charge in [0.25, 0.3) is 0 Å². The van der Waals surface area contributed by atoms with E-state index in [1.165, 1.54) is 5.57 Å². The molecule has 0 spiro atoms. The lowest BCUT2D eigenvalue weighted by molar-refractivity contribution is 0.159. The SMILES string of the molecule is COCc1oc(=O)oc1C(C)(C)CC(C)(C)C1=CC=CC(C)(C(C)(C)CC(C)(C)P)C=C1. The van der Waals surface area contributed by atoms with Crippen molar-refractivity contribution in [2.24, 2.45) is 16.2 Å². The molecule has 2 atom stereocenters. The van der Waals surface area contributed by atoms with Gasteiger partial charge >= 0.3 is 5.82 Å². The minimum atomic E-state index is -0.676. The molecule has 180 valence electrons. The summed E-state index contributed by atoms with van der Waals surface area (Å²) in [5.74, 6) is 0.363.